The van der Waals surface area contributed by atoms with Crippen molar-refractivity contribution >= 4 is 51.3 Å². The highest BCUT2D eigenvalue weighted by molar-refractivity contribution is 14.1. The minimum Gasteiger partial charge on any atom is -0.371 e. The van der Waals surface area contributed by atoms with E-state index in [0.717, 1.165) is 18.7 Å². The van der Waals surface area contributed by atoms with Crippen LogP contribution in [0.25, 0.3) is 0 Å². The Bertz CT molecular complexity index is 1080. The molecule has 2 heterocycles. The number of aromatic nitrogens is 1. The number of hydrogen-bond donors (Lipinski definition) is 1. The third-order valence-corrected chi connectivity index (χ3v) is 6.77. The number of aliphatic hydroxyl groups is 1. The Morgan fingerprint density at radius 2 is 1.97 bits per heavy atom. The number of pyridine rings is 1. The largest absolute Gasteiger partial charge is 0.419 e. The van der Waals surface area contributed by atoms with Crippen molar-refractivity contribution in [3.05, 3.63) is 51.1 Å². The van der Waals surface area contributed by atoms with Gasteiger partial charge in [-0.25, -0.2) is 9.37 Å². The lowest BCUT2D eigenvalue weighted by molar-refractivity contribution is -0.138. The van der Waals surface area contributed by atoms with Crippen LogP contribution < -0.4 is 9.80 Å². The molecule has 5 nitrogen and oxygen atoms in total. The third kappa shape index (κ3) is 3.12. The van der Waals surface area contributed by atoms with E-state index in [4.69, 9.17) is 17.5 Å². The highest BCUT2D eigenvalue weighted by atomic mass is 127. The first-order valence-corrected chi connectivity index (χ1v) is 10.3. The lowest BCUT2D eigenvalue weighted by Crippen LogP contribution is -2.57. The fraction of sp³-hybridized carbons (Fsp3) is 0.316. The molecule has 1 saturated carbocycles. The van der Waals surface area contributed by atoms with Crippen LogP contribution in [0.1, 0.15) is 30.5 Å². The van der Waals surface area contributed by atoms with Gasteiger partial charge < -0.3 is 10.0 Å². The summed E-state index contributed by atoms with van der Waals surface area (Å²) in [5.74, 6) is -0.460. The van der Waals surface area contributed by atoms with E-state index in [0.29, 0.717) is 22.1 Å². The average Bonchev–Trinajstić information content (AvgIpc) is 2.90. The topological polar surface area (TPSA) is 63.4 Å². The molecule has 2 aliphatic rings. The summed E-state index contributed by atoms with van der Waals surface area (Å²) in [5.41, 5.74) is -2.52. The first-order valence-electron chi connectivity index (χ1n) is 8.84. The van der Waals surface area contributed by atoms with Crippen LogP contribution in [0.2, 0.25) is 0 Å². The maximum atomic E-state index is 14.2. The summed E-state index contributed by atoms with van der Waals surface area (Å²) in [6.45, 7) is 0. The van der Waals surface area contributed by atoms with Crippen molar-refractivity contribution in [3.8, 4) is 6.07 Å². The van der Waals surface area contributed by atoms with Crippen LogP contribution in [-0.4, -0.2) is 27.0 Å². The summed E-state index contributed by atoms with van der Waals surface area (Å²) in [7, 11) is 0. The molecule has 1 aromatic carbocycles. The SMILES string of the molecule is N#Cc1ncc(N2C(=S)N(c3ccc(I)c(F)c3)C3(CCC3)C2O)cc1C(F)(F)F. The molecule has 156 valence electrons. The number of alkyl halides is 3. The fourth-order valence-electron chi connectivity index (χ4n) is 3.91. The highest BCUT2D eigenvalue weighted by Crippen LogP contribution is 2.50. The number of aliphatic hydroxyl groups excluding tert-OH is 1. The average molecular weight is 548 g/mol. The third-order valence-electron chi connectivity index (χ3n) is 5.51. The quantitative estimate of drug-likeness (QED) is 0.337. The molecule has 2 aromatic rings. The molecule has 11 heteroatoms. The summed E-state index contributed by atoms with van der Waals surface area (Å²) >= 11 is 7.37. The van der Waals surface area contributed by atoms with Gasteiger partial charge in [-0.2, -0.15) is 18.4 Å². The maximum Gasteiger partial charge on any atom is 0.419 e. The molecule has 1 saturated heterocycles. The van der Waals surface area contributed by atoms with Crippen molar-refractivity contribution < 1.29 is 22.7 Å². The number of nitriles is 1. The predicted octanol–water partition coefficient (Wildman–Crippen LogP) is 4.57. The minimum absolute atomic E-state index is 0.0439. The Morgan fingerprint density at radius 1 is 1.27 bits per heavy atom. The van der Waals surface area contributed by atoms with Gasteiger partial charge in [0.15, 0.2) is 17.0 Å². The molecule has 1 aliphatic heterocycles. The molecule has 1 atom stereocenters. The second kappa shape index (κ2) is 7.28. The zero-order valence-corrected chi connectivity index (χ0v) is 18.1. The van der Waals surface area contributed by atoms with Crippen molar-refractivity contribution in [2.45, 2.75) is 37.2 Å². The summed E-state index contributed by atoms with van der Waals surface area (Å²) in [6, 6.07) is 6.71. The number of anilines is 2. The standard InChI is InChI=1S/C19H13F4IN4OS/c20-13-7-10(2-3-14(13)24)28-17(30)27(16(29)18(28)4-1-5-18)11-6-12(19(21,22)23)15(8-25)26-9-11/h2-3,6-7,9,16,29H,1,4-5H2. The molecular formula is C19H13F4IN4OS. The molecule has 4 rings (SSSR count). The molecular weight excluding hydrogens is 535 g/mol. The van der Waals surface area contributed by atoms with E-state index in [1.807, 2.05) is 22.6 Å². The molecule has 2 fully saturated rings. The fourth-order valence-corrected chi connectivity index (χ4v) is 4.74. The van der Waals surface area contributed by atoms with E-state index >= 15 is 0 Å². The normalized spacial score (nSPS) is 20.4. The molecule has 1 spiro atoms. The predicted molar refractivity (Wildman–Crippen MR) is 113 cm³/mol. The first kappa shape index (κ1) is 21.2. The number of nitrogens with zero attached hydrogens (tertiary/aromatic N) is 4. The highest BCUT2D eigenvalue weighted by Gasteiger charge is 2.59. The van der Waals surface area contributed by atoms with Gasteiger partial charge in [0.05, 0.1) is 23.0 Å². The lowest BCUT2D eigenvalue weighted by atomic mass is 9.74. The van der Waals surface area contributed by atoms with Crippen LogP contribution in [0.3, 0.4) is 0 Å². The van der Waals surface area contributed by atoms with Crippen molar-refractivity contribution in [1.82, 2.24) is 4.98 Å². The summed E-state index contributed by atoms with van der Waals surface area (Å²) < 4.78 is 54.8. The van der Waals surface area contributed by atoms with Gasteiger partial charge in [-0.15, -0.1) is 0 Å². The molecule has 1 aromatic heterocycles. The molecule has 0 bridgehead atoms. The second-order valence-corrected chi connectivity index (χ2v) is 8.64. The van der Waals surface area contributed by atoms with Crippen LogP contribution in [0.4, 0.5) is 28.9 Å². The molecule has 0 amide bonds. The zero-order valence-electron chi connectivity index (χ0n) is 15.1. The van der Waals surface area contributed by atoms with Gasteiger partial charge >= 0.3 is 6.18 Å². The smallest absolute Gasteiger partial charge is 0.371 e. The minimum atomic E-state index is -4.80. The molecule has 1 unspecified atom stereocenters. The van der Waals surface area contributed by atoms with E-state index in [-0.39, 0.29) is 10.8 Å². The van der Waals surface area contributed by atoms with Crippen LogP contribution >= 0.6 is 34.8 Å². The number of benzene rings is 1. The number of thiocarbonyl (C=S) groups is 1. The zero-order chi connectivity index (χ0) is 21.8. The van der Waals surface area contributed by atoms with Gasteiger partial charge in [0.25, 0.3) is 0 Å². The Hall–Kier alpha value is -2.04. The Labute approximate surface area is 188 Å². The van der Waals surface area contributed by atoms with Crippen LogP contribution in [0, 0.1) is 20.7 Å². The first-order chi connectivity index (χ1) is 14.1. The van der Waals surface area contributed by atoms with E-state index in [9.17, 15) is 22.7 Å². The Morgan fingerprint density at radius 3 is 2.50 bits per heavy atom. The molecule has 1 N–H and O–H groups in total. The van der Waals surface area contributed by atoms with Crippen LogP contribution in [0.5, 0.6) is 0 Å². The van der Waals surface area contributed by atoms with Crippen molar-refractivity contribution in [3.63, 3.8) is 0 Å². The van der Waals surface area contributed by atoms with Gasteiger partial charge in [0.2, 0.25) is 0 Å². The van der Waals surface area contributed by atoms with Gasteiger partial charge in [0, 0.05) is 9.26 Å². The van der Waals surface area contributed by atoms with E-state index in [1.165, 1.54) is 17.0 Å². The number of halogens is 5. The Balaban J connectivity index is 1.82. The van der Waals surface area contributed by atoms with Crippen LogP contribution in [-0.2, 0) is 6.18 Å². The number of hydrogen-bond acceptors (Lipinski definition) is 4. The summed E-state index contributed by atoms with van der Waals surface area (Å²) in [4.78, 5) is 6.42. The Kier molecular flexibility index (Phi) is 5.14. The number of rotatable bonds is 2. The van der Waals surface area contributed by atoms with Crippen molar-refractivity contribution in [2.24, 2.45) is 0 Å². The van der Waals surface area contributed by atoms with Gasteiger partial charge in [-0.05, 0) is 78.3 Å². The van der Waals surface area contributed by atoms with Crippen LogP contribution in [0.15, 0.2) is 30.5 Å². The van der Waals surface area contributed by atoms with Crippen molar-refractivity contribution in [2.75, 3.05) is 9.80 Å². The summed E-state index contributed by atoms with van der Waals surface area (Å²) in [5, 5.41) is 20.1. The van der Waals surface area contributed by atoms with E-state index in [2.05, 4.69) is 4.98 Å². The molecule has 1 aliphatic carbocycles. The van der Waals surface area contributed by atoms with Gasteiger partial charge in [0.1, 0.15) is 11.9 Å². The summed E-state index contributed by atoms with van der Waals surface area (Å²) in [6.07, 6.45) is -3.11. The maximum absolute atomic E-state index is 14.2. The monoisotopic (exact) mass is 548 g/mol. The van der Waals surface area contributed by atoms with E-state index < -0.39 is 35.0 Å². The van der Waals surface area contributed by atoms with Gasteiger partial charge in [-0.3, -0.25) is 4.90 Å². The molecule has 30 heavy (non-hydrogen) atoms. The second-order valence-electron chi connectivity index (χ2n) is 7.12. The van der Waals surface area contributed by atoms with Crippen molar-refractivity contribution in [1.29, 1.82) is 5.26 Å². The lowest BCUT2D eigenvalue weighted by Gasteiger charge is -2.46. The van der Waals surface area contributed by atoms with Gasteiger partial charge in [-0.1, -0.05) is 0 Å². The molecule has 0 radical (unpaired) electrons. The van der Waals surface area contributed by atoms with E-state index in [1.54, 1.807) is 17.0 Å².